The monoisotopic (exact) mass is 298 g/mol. The molecule has 2 aromatic rings. The Bertz CT molecular complexity index is 562. The summed E-state index contributed by atoms with van der Waals surface area (Å²) in [6.45, 7) is 1.09. The quantitative estimate of drug-likeness (QED) is 0.880. The van der Waals surface area contributed by atoms with Crippen molar-refractivity contribution < 1.29 is 0 Å². The molecule has 0 spiro atoms. The number of nitrogens with zero attached hydrogens (tertiary/aromatic N) is 1. The second-order valence-corrected chi connectivity index (χ2v) is 6.05. The number of benzene rings is 1. The van der Waals surface area contributed by atoms with E-state index in [1.54, 1.807) is 11.3 Å². The Kier molecular flexibility index (Phi) is 3.57. The maximum atomic E-state index is 6.03. The van der Waals surface area contributed by atoms with Gasteiger partial charge in [-0.2, -0.15) is 0 Å². The molecule has 2 heterocycles. The zero-order valence-corrected chi connectivity index (χ0v) is 11.9. The molecule has 0 bridgehead atoms. The van der Waals surface area contributed by atoms with Crippen molar-refractivity contribution in [2.45, 2.75) is 18.9 Å². The van der Waals surface area contributed by atoms with Crippen LogP contribution in [0.25, 0.3) is 11.3 Å². The van der Waals surface area contributed by atoms with Gasteiger partial charge in [-0.05, 0) is 31.5 Å². The Balaban J connectivity index is 1.89. The Morgan fingerprint density at radius 3 is 2.89 bits per heavy atom. The van der Waals surface area contributed by atoms with E-state index in [4.69, 9.17) is 23.2 Å². The number of halogens is 2. The SMILES string of the molecule is Clc1ccc(-c2csc(C3CCCN3)n2)cc1Cl. The van der Waals surface area contributed by atoms with Crippen LogP contribution < -0.4 is 5.32 Å². The second kappa shape index (κ2) is 5.17. The summed E-state index contributed by atoms with van der Waals surface area (Å²) in [7, 11) is 0. The van der Waals surface area contributed by atoms with Crippen LogP contribution in [0.3, 0.4) is 0 Å². The van der Waals surface area contributed by atoms with Crippen molar-refractivity contribution >= 4 is 34.5 Å². The molecule has 0 aliphatic carbocycles. The molecule has 0 amide bonds. The first-order chi connectivity index (χ1) is 8.74. The number of hydrogen-bond donors (Lipinski definition) is 1. The maximum absolute atomic E-state index is 6.03. The third-order valence-corrected chi connectivity index (χ3v) is 4.79. The second-order valence-electron chi connectivity index (χ2n) is 4.35. The molecular formula is C13H12Cl2N2S. The van der Waals surface area contributed by atoms with Gasteiger partial charge in [-0.3, -0.25) is 0 Å². The summed E-state index contributed by atoms with van der Waals surface area (Å²) in [5.41, 5.74) is 1.99. The van der Waals surface area contributed by atoms with Crippen molar-refractivity contribution in [2.24, 2.45) is 0 Å². The smallest absolute Gasteiger partial charge is 0.110 e. The fourth-order valence-electron chi connectivity index (χ4n) is 2.13. The van der Waals surface area contributed by atoms with Crippen LogP contribution in [0.5, 0.6) is 0 Å². The van der Waals surface area contributed by atoms with E-state index in [0.717, 1.165) is 22.8 Å². The predicted octanol–water partition coefficient (Wildman–Crippen LogP) is 4.54. The van der Waals surface area contributed by atoms with Gasteiger partial charge in [0.2, 0.25) is 0 Å². The van der Waals surface area contributed by atoms with Crippen LogP contribution in [0.2, 0.25) is 10.0 Å². The van der Waals surface area contributed by atoms with Gasteiger partial charge in [-0.1, -0.05) is 29.3 Å². The van der Waals surface area contributed by atoms with E-state index in [1.165, 1.54) is 12.8 Å². The minimum absolute atomic E-state index is 0.423. The molecule has 0 saturated carbocycles. The Hall–Kier alpha value is -0.610. The molecule has 1 N–H and O–H groups in total. The van der Waals surface area contributed by atoms with Gasteiger partial charge < -0.3 is 5.32 Å². The molecule has 18 heavy (non-hydrogen) atoms. The van der Waals surface area contributed by atoms with Crippen LogP contribution in [0, 0.1) is 0 Å². The largest absolute Gasteiger partial charge is 0.308 e. The lowest BCUT2D eigenvalue weighted by molar-refractivity contribution is 0.643. The van der Waals surface area contributed by atoms with Gasteiger partial charge in [0.15, 0.2) is 0 Å². The summed E-state index contributed by atoms with van der Waals surface area (Å²) in [6, 6.07) is 6.05. The highest BCUT2D eigenvalue weighted by Gasteiger charge is 2.19. The van der Waals surface area contributed by atoms with Crippen LogP contribution in [0.15, 0.2) is 23.6 Å². The molecule has 1 aromatic carbocycles. The normalized spacial score (nSPS) is 19.3. The molecule has 5 heteroatoms. The molecule has 1 saturated heterocycles. The lowest BCUT2D eigenvalue weighted by Gasteiger charge is -2.04. The van der Waals surface area contributed by atoms with Crippen molar-refractivity contribution in [2.75, 3.05) is 6.54 Å². The molecule has 3 rings (SSSR count). The van der Waals surface area contributed by atoms with E-state index in [1.807, 2.05) is 18.2 Å². The summed E-state index contributed by atoms with van der Waals surface area (Å²) in [6.07, 6.45) is 2.40. The molecule has 94 valence electrons. The number of rotatable bonds is 2. The summed E-state index contributed by atoms with van der Waals surface area (Å²) in [5, 5.41) is 7.85. The number of thiazole rings is 1. The average Bonchev–Trinajstić information content (AvgIpc) is 3.01. The van der Waals surface area contributed by atoms with Crippen molar-refractivity contribution in [3.63, 3.8) is 0 Å². The predicted molar refractivity (Wildman–Crippen MR) is 77.5 cm³/mol. The summed E-state index contributed by atoms with van der Waals surface area (Å²) < 4.78 is 0. The molecule has 1 aliphatic heterocycles. The molecule has 1 aliphatic rings. The lowest BCUT2D eigenvalue weighted by atomic mass is 10.2. The Morgan fingerprint density at radius 2 is 2.17 bits per heavy atom. The number of nitrogens with one attached hydrogen (secondary N) is 1. The van der Waals surface area contributed by atoms with Crippen molar-refractivity contribution in [1.29, 1.82) is 0 Å². The lowest BCUT2D eigenvalue weighted by Crippen LogP contribution is -2.12. The highest BCUT2D eigenvalue weighted by molar-refractivity contribution is 7.10. The van der Waals surface area contributed by atoms with Crippen LogP contribution in [-0.2, 0) is 0 Å². The maximum Gasteiger partial charge on any atom is 0.110 e. The molecule has 1 unspecified atom stereocenters. The summed E-state index contributed by atoms with van der Waals surface area (Å²) >= 11 is 13.6. The Labute approximate surface area is 120 Å². The zero-order chi connectivity index (χ0) is 12.5. The van der Waals surface area contributed by atoms with E-state index in [9.17, 15) is 0 Å². The average molecular weight is 299 g/mol. The van der Waals surface area contributed by atoms with Gasteiger partial charge in [0.25, 0.3) is 0 Å². The van der Waals surface area contributed by atoms with Crippen molar-refractivity contribution in [3.8, 4) is 11.3 Å². The van der Waals surface area contributed by atoms with Gasteiger partial charge in [0.05, 0.1) is 21.8 Å². The molecule has 1 fully saturated rings. The topological polar surface area (TPSA) is 24.9 Å². The highest BCUT2D eigenvalue weighted by atomic mass is 35.5. The molecular weight excluding hydrogens is 287 g/mol. The minimum Gasteiger partial charge on any atom is -0.308 e. The first-order valence-corrected chi connectivity index (χ1v) is 7.52. The first kappa shape index (κ1) is 12.4. The van der Waals surface area contributed by atoms with E-state index in [-0.39, 0.29) is 0 Å². The molecule has 0 radical (unpaired) electrons. The summed E-state index contributed by atoms with van der Waals surface area (Å²) in [4.78, 5) is 4.69. The van der Waals surface area contributed by atoms with Crippen molar-refractivity contribution in [1.82, 2.24) is 10.3 Å². The number of hydrogen-bond acceptors (Lipinski definition) is 3. The molecule has 1 atom stereocenters. The summed E-state index contributed by atoms with van der Waals surface area (Å²) in [5.74, 6) is 0. The zero-order valence-electron chi connectivity index (χ0n) is 9.62. The van der Waals surface area contributed by atoms with Crippen LogP contribution in [-0.4, -0.2) is 11.5 Å². The first-order valence-electron chi connectivity index (χ1n) is 5.88. The minimum atomic E-state index is 0.423. The van der Waals surface area contributed by atoms with E-state index >= 15 is 0 Å². The standard InChI is InChI=1S/C13H12Cl2N2S/c14-9-4-3-8(6-10(9)15)12-7-18-13(17-12)11-2-1-5-16-11/h3-4,6-7,11,16H,1-2,5H2. The van der Waals surface area contributed by atoms with E-state index in [0.29, 0.717) is 16.1 Å². The van der Waals surface area contributed by atoms with Gasteiger partial charge in [0, 0.05) is 10.9 Å². The van der Waals surface area contributed by atoms with Crippen molar-refractivity contribution in [3.05, 3.63) is 38.6 Å². The number of aromatic nitrogens is 1. The van der Waals surface area contributed by atoms with Gasteiger partial charge >= 0.3 is 0 Å². The fraction of sp³-hybridized carbons (Fsp3) is 0.308. The highest BCUT2D eigenvalue weighted by Crippen LogP contribution is 2.32. The van der Waals surface area contributed by atoms with Crippen LogP contribution >= 0.6 is 34.5 Å². The van der Waals surface area contributed by atoms with Crippen LogP contribution in [0.1, 0.15) is 23.9 Å². The van der Waals surface area contributed by atoms with E-state index in [2.05, 4.69) is 15.7 Å². The van der Waals surface area contributed by atoms with Gasteiger partial charge in [-0.15, -0.1) is 11.3 Å². The van der Waals surface area contributed by atoms with E-state index < -0.39 is 0 Å². The Morgan fingerprint density at radius 1 is 1.28 bits per heavy atom. The third-order valence-electron chi connectivity index (χ3n) is 3.10. The van der Waals surface area contributed by atoms with Crippen LogP contribution in [0.4, 0.5) is 0 Å². The van der Waals surface area contributed by atoms with Gasteiger partial charge in [-0.25, -0.2) is 4.98 Å². The van der Waals surface area contributed by atoms with Gasteiger partial charge in [0.1, 0.15) is 5.01 Å². The fourth-order valence-corrected chi connectivity index (χ4v) is 3.37. The molecule has 2 nitrogen and oxygen atoms in total. The molecule has 1 aromatic heterocycles. The third kappa shape index (κ3) is 2.41.